The lowest BCUT2D eigenvalue weighted by Gasteiger charge is -2.09. The summed E-state index contributed by atoms with van der Waals surface area (Å²) < 4.78 is 0. The number of aliphatic hydroxyl groups is 1. The van der Waals surface area contributed by atoms with Crippen molar-refractivity contribution in [3.05, 3.63) is 10.4 Å². The number of nitrogens with zero attached hydrogens (tertiary/aromatic N) is 3. The van der Waals surface area contributed by atoms with Crippen LogP contribution in [0.2, 0.25) is 10.4 Å². The molecular weight excluding hydrogens is 227 g/mol. The number of hydrogen-bond acceptors (Lipinski definition) is 5. The topological polar surface area (TPSA) is 70.9 Å². The normalized spacial score (nSPS) is 12.6. The summed E-state index contributed by atoms with van der Waals surface area (Å²) in [7, 11) is 0. The summed E-state index contributed by atoms with van der Waals surface area (Å²) >= 11 is 11.2. The van der Waals surface area contributed by atoms with Crippen LogP contribution in [-0.2, 0) is 0 Å². The molecule has 1 atom stereocenters. The van der Waals surface area contributed by atoms with E-state index in [1.54, 1.807) is 0 Å². The van der Waals surface area contributed by atoms with Crippen molar-refractivity contribution in [1.29, 1.82) is 0 Å². The Morgan fingerprint density at radius 2 is 2.14 bits per heavy atom. The van der Waals surface area contributed by atoms with E-state index in [0.717, 1.165) is 0 Å². The predicted octanol–water partition coefficient (Wildman–Crippen LogP) is 1.36. The molecule has 7 heteroatoms. The van der Waals surface area contributed by atoms with Crippen LogP contribution >= 0.6 is 23.2 Å². The Morgan fingerprint density at radius 3 is 2.79 bits per heavy atom. The molecule has 0 radical (unpaired) electrons. The lowest BCUT2D eigenvalue weighted by molar-refractivity contribution is 0.183. The molecule has 1 aromatic heterocycles. The summed E-state index contributed by atoms with van der Waals surface area (Å²) in [5.41, 5.74) is 0. The number of rotatable bonds is 4. The summed E-state index contributed by atoms with van der Waals surface area (Å²) in [6.07, 6.45) is 0.205. The van der Waals surface area contributed by atoms with E-state index < -0.39 is 6.10 Å². The van der Waals surface area contributed by atoms with Crippen LogP contribution in [0.15, 0.2) is 0 Å². The molecule has 0 spiro atoms. The molecule has 1 unspecified atom stereocenters. The molecule has 0 saturated carbocycles. The van der Waals surface area contributed by atoms with Gasteiger partial charge >= 0.3 is 0 Å². The molecule has 0 bridgehead atoms. The fourth-order valence-corrected chi connectivity index (χ4v) is 1.03. The fourth-order valence-electron chi connectivity index (χ4n) is 0.765. The Balaban J connectivity index is 2.62. The number of halogens is 2. The zero-order chi connectivity index (χ0) is 10.6. The van der Waals surface area contributed by atoms with Gasteiger partial charge in [-0.15, -0.1) is 10.2 Å². The van der Waals surface area contributed by atoms with Crippen LogP contribution in [0.1, 0.15) is 13.3 Å². The molecule has 0 aliphatic rings. The molecular formula is C7H10Cl2N4O. The van der Waals surface area contributed by atoms with Crippen molar-refractivity contribution in [2.24, 2.45) is 0 Å². The summed E-state index contributed by atoms with van der Waals surface area (Å²) in [6.45, 7) is 2.23. The second-order valence-corrected chi connectivity index (χ2v) is 3.36. The van der Waals surface area contributed by atoms with Gasteiger partial charge in [0.25, 0.3) is 0 Å². The third kappa shape index (κ3) is 3.25. The van der Waals surface area contributed by atoms with Gasteiger partial charge in [0, 0.05) is 6.54 Å². The second kappa shape index (κ2) is 5.29. The second-order valence-electron chi connectivity index (χ2n) is 2.66. The van der Waals surface area contributed by atoms with Crippen LogP contribution in [0.4, 0.5) is 5.82 Å². The van der Waals surface area contributed by atoms with Crippen molar-refractivity contribution >= 4 is 29.0 Å². The minimum atomic E-state index is -0.445. The first-order valence-electron chi connectivity index (χ1n) is 4.11. The first kappa shape index (κ1) is 11.4. The Morgan fingerprint density at radius 1 is 1.43 bits per heavy atom. The molecule has 14 heavy (non-hydrogen) atoms. The van der Waals surface area contributed by atoms with Crippen molar-refractivity contribution < 1.29 is 5.11 Å². The average Bonchev–Trinajstić information content (AvgIpc) is 2.19. The van der Waals surface area contributed by atoms with E-state index in [4.69, 9.17) is 23.2 Å². The summed E-state index contributed by atoms with van der Waals surface area (Å²) in [5.74, 6) is 0.333. The maximum Gasteiger partial charge on any atom is 0.245 e. The maximum absolute atomic E-state index is 9.28. The third-order valence-electron chi connectivity index (χ3n) is 1.60. The highest BCUT2D eigenvalue weighted by atomic mass is 35.5. The largest absolute Gasteiger partial charge is 0.391 e. The van der Waals surface area contributed by atoms with Crippen LogP contribution in [0, 0.1) is 0 Å². The molecule has 2 N–H and O–H groups in total. The van der Waals surface area contributed by atoms with Crippen molar-refractivity contribution in [2.45, 2.75) is 19.4 Å². The maximum atomic E-state index is 9.28. The molecule has 0 aliphatic carbocycles. The summed E-state index contributed by atoms with van der Waals surface area (Å²) in [6, 6.07) is 0. The highest BCUT2D eigenvalue weighted by Crippen LogP contribution is 2.16. The zero-order valence-corrected chi connectivity index (χ0v) is 9.05. The minimum absolute atomic E-state index is 0.0166. The van der Waals surface area contributed by atoms with Crippen LogP contribution < -0.4 is 5.32 Å². The van der Waals surface area contributed by atoms with Gasteiger partial charge in [-0.25, -0.2) is 0 Å². The van der Waals surface area contributed by atoms with Crippen molar-refractivity contribution in [3.63, 3.8) is 0 Å². The van der Waals surface area contributed by atoms with Gasteiger partial charge in [-0.3, -0.25) is 0 Å². The Bertz CT molecular complexity index is 310. The smallest absolute Gasteiger partial charge is 0.245 e. The molecule has 0 saturated heterocycles. The van der Waals surface area contributed by atoms with Gasteiger partial charge < -0.3 is 10.4 Å². The summed E-state index contributed by atoms with van der Waals surface area (Å²) in [4.78, 5) is 3.82. The van der Waals surface area contributed by atoms with Crippen molar-refractivity contribution in [2.75, 3.05) is 11.9 Å². The van der Waals surface area contributed by atoms with Gasteiger partial charge in [0.05, 0.1) is 6.10 Å². The van der Waals surface area contributed by atoms with Gasteiger partial charge in [-0.2, -0.15) is 4.98 Å². The predicted molar refractivity (Wildman–Crippen MR) is 54.6 cm³/mol. The van der Waals surface area contributed by atoms with Crippen LogP contribution in [0.25, 0.3) is 0 Å². The third-order valence-corrected chi connectivity index (χ3v) is 2.01. The molecule has 0 fully saturated rings. The van der Waals surface area contributed by atoms with E-state index in [9.17, 15) is 5.11 Å². The number of anilines is 1. The number of aromatic nitrogens is 3. The van der Waals surface area contributed by atoms with E-state index in [2.05, 4.69) is 20.5 Å². The first-order chi connectivity index (χ1) is 6.63. The molecule has 1 heterocycles. The van der Waals surface area contributed by atoms with Gasteiger partial charge in [0.2, 0.25) is 5.28 Å². The van der Waals surface area contributed by atoms with Crippen LogP contribution in [0.5, 0.6) is 0 Å². The van der Waals surface area contributed by atoms with E-state index in [1.165, 1.54) is 0 Å². The summed E-state index contributed by atoms with van der Waals surface area (Å²) in [5, 5.41) is 19.3. The zero-order valence-electron chi connectivity index (χ0n) is 7.54. The first-order valence-corrected chi connectivity index (χ1v) is 4.86. The Hall–Kier alpha value is -0.650. The van der Waals surface area contributed by atoms with Gasteiger partial charge in [0.15, 0.2) is 11.0 Å². The lowest BCUT2D eigenvalue weighted by atomic mass is 10.3. The van der Waals surface area contributed by atoms with Crippen molar-refractivity contribution in [3.8, 4) is 0 Å². The highest BCUT2D eigenvalue weighted by molar-refractivity contribution is 6.32. The van der Waals surface area contributed by atoms with E-state index in [-0.39, 0.29) is 10.4 Å². The number of hydrogen-bond donors (Lipinski definition) is 2. The van der Waals surface area contributed by atoms with Gasteiger partial charge in [-0.1, -0.05) is 18.5 Å². The standard InChI is InChI=1S/C7H10Cl2N4O/c1-2-4(14)3-10-6-5(8)12-13-7(9)11-6/h4,14H,2-3H2,1H3,(H,10,11,13). The van der Waals surface area contributed by atoms with E-state index in [1.807, 2.05) is 6.92 Å². The van der Waals surface area contributed by atoms with Crippen molar-refractivity contribution in [1.82, 2.24) is 15.2 Å². The molecule has 5 nitrogen and oxygen atoms in total. The van der Waals surface area contributed by atoms with Gasteiger partial charge in [-0.05, 0) is 18.0 Å². The minimum Gasteiger partial charge on any atom is -0.391 e. The molecule has 0 aliphatic heterocycles. The van der Waals surface area contributed by atoms with E-state index >= 15 is 0 Å². The molecule has 1 aromatic rings. The fraction of sp³-hybridized carbons (Fsp3) is 0.571. The highest BCUT2D eigenvalue weighted by Gasteiger charge is 2.07. The van der Waals surface area contributed by atoms with Gasteiger partial charge in [0.1, 0.15) is 0 Å². The number of aliphatic hydroxyl groups excluding tert-OH is 1. The van der Waals surface area contributed by atoms with E-state index in [0.29, 0.717) is 18.8 Å². The molecule has 78 valence electrons. The quantitative estimate of drug-likeness (QED) is 0.827. The molecule has 0 aromatic carbocycles. The lowest BCUT2D eigenvalue weighted by Crippen LogP contribution is -2.19. The Labute approximate surface area is 91.5 Å². The number of nitrogens with one attached hydrogen (secondary N) is 1. The monoisotopic (exact) mass is 236 g/mol. The SMILES string of the molecule is CCC(O)CNc1nc(Cl)nnc1Cl. The van der Waals surface area contributed by atoms with Crippen LogP contribution in [-0.4, -0.2) is 32.9 Å². The molecule has 1 rings (SSSR count). The van der Waals surface area contributed by atoms with Crippen LogP contribution in [0.3, 0.4) is 0 Å². The Kier molecular flexibility index (Phi) is 4.31. The molecule has 0 amide bonds. The average molecular weight is 237 g/mol.